The third-order valence-electron chi connectivity index (χ3n) is 10.0. The van der Waals surface area contributed by atoms with Crippen molar-refractivity contribution in [3.05, 3.63) is 72.1 Å². The van der Waals surface area contributed by atoms with Crippen LogP contribution in [0.15, 0.2) is 54.9 Å². The number of nitrogens with zero attached hydrogens (tertiary/aromatic N) is 6. The van der Waals surface area contributed by atoms with Gasteiger partial charge in [0.25, 0.3) is 5.91 Å². The predicted octanol–water partition coefficient (Wildman–Crippen LogP) is 6.08. The van der Waals surface area contributed by atoms with Crippen molar-refractivity contribution in [3.8, 4) is 35.6 Å². The minimum Gasteiger partial charge on any atom is -0.461 e. The van der Waals surface area contributed by atoms with E-state index in [0.29, 0.717) is 29.3 Å². The molecule has 0 saturated carbocycles. The number of fused-ring (bicyclic) bond motifs is 3. The van der Waals surface area contributed by atoms with Gasteiger partial charge < -0.3 is 14.5 Å². The largest absolute Gasteiger partial charge is 0.461 e. The Morgan fingerprint density at radius 1 is 1.14 bits per heavy atom. The van der Waals surface area contributed by atoms with E-state index in [1.165, 1.54) is 4.90 Å². The van der Waals surface area contributed by atoms with E-state index in [1.54, 1.807) is 41.3 Å². The molecule has 1 aromatic heterocycles. The molecule has 49 heavy (non-hydrogen) atoms. The molecule has 7 rings (SSSR count). The minimum absolute atomic E-state index is 0.000313. The fourth-order valence-corrected chi connectivity index (χ4v) is 7.78. The molecular weight excluding hydrogens is 636 g/mol. The van der Waals surface area contributed by atoms with E-state index < -0.39 is 41.1 Å². The summed E-state index contributed by atoms with van der Waals surface area (Å²) < 4.78 is 67.7. The number of ether oxygens (including phenoxy) is 1. The first-order valence-corrected chi connectivity index (χ1v) is 16.1. The van der Waals surface area contributed by atoms with Crippen molar-refractivity contribution in [2.45, 2.75) is 43.4 Å². The van der Waals surface area contributed by atoms with Crippen LogP contribution >= 0.6 is 0 Å². The molecule has 0 bridgehead atoms. The van der Waals surface area contributed by atoms with Crippen LogP contribution in [0.5, 0.6) is 6.01 Å². The van der Waals surface area contributed by atoms with Crippen molar-refractivity contribution in [1.29, 1.82) is 5.26 Å². The number of terminal acetylenes is 1. The zero-order chi connectivity index (χ0) is 34.4. The number of hydrogen-bond acceptors (Lipinski definition) is 7. The van der Waals surface area contributed by atoms with Gasteiger partial charge in [-0.05, 0) is 42.5 Å². The van der Waals surface area contributed by atoms with Gasteiger partial charge in [0.05, 0.1) is 29.6 Å². The summed E-state index contributed by atoms with van der Waals surface area (Å²) in [5, 5.41) is 10.8. The maximum absolute atomic E-state index is 16.9. The number of halogens is 4. The van der Waals surface area contributed by atoms with Gasteiger partial charge in [-0.25, -0.2) is 17.6 Å². The molecule has 0 aliphatic carbocycles. The second-order valence-corrected chi connectivity index (χ2v) is 12.9. The number of hydrogen-bond donors (Lipinski definition) is 0. The molecule has 3 atom stereocenters. The molecule has 8 nitrogen and oxygen atoms in total. The highest BCUT2D eigenvalue weighted by molar-refractivity contribution is 6.03. The molecule has 4 aromatic rings. The number of anilines is 1. The summed E-state index contributed by atoms with van der Waals surface area (Å²) in [6.07, 6.45) is 6.56. The molecule has 250 valence electrons. The lowest BCUT2D eigenvalue weighted by Crippen LogP contribution is -2.55. The molecule has 3 aliphatic rings. The molecule has 0 N–H and O–H groups in total. The Kier molecular flexibility index (Phi) is 8.37. The van der Waals surface area contributed by atoms with E-state index in [4.69, 9.17) is 11.2 Å². The first-order valence-electron chi connectivity index (χ1n) is 16.1. The summed E-state index contributed by atoms with van der Waals surface area (Å²) in [7, 11) is 0. The highest BCUT2D eigenvalue weighted by atomic mass is 19.1. The van der Waals surface area contributed by atoms with Crippen molar-refractivity contribution < 1.29 is 27.1 Å². The summed E-state index contributed by atoms with van der Waals surface area (Å²) >= 11 is 0. The molecule has 3 fully saturated rings. The Morgan fingerprint density at radius 3 is 2.69 bits per heavy atom. The quantitative estimate of drug-likeness (QED) is 0.134. The highest BCUT2D eigenvalue weighted by Gasteiger charge is 2.49. The maximum Gasteiger partial charge on any atom is 0.319 e. The molecule has 3 saturated heterocycles. The number of nitriles is 1. The number of amides is 1. The third kappa shape index (κ3) is 5.60. The zero-order valence-electron chi connectivity index (χ0n) is 26.6. The van der Waals surface area contributed by atoms with Crippen LogP contribution in [0.25, 0.3) is 32.8 Å². The Labute approximate surface area is 280 Å². The fourth-order valence-electron chi connectivity index (χ4n) is 7.78. The lowest BCUT2D eigenvalue weighted by atomic mass is 9.93. The first kappa shape index (κ1) is 32.4. The average Bonchev–Trinajstić information content (AvgIpc) is 3.62. The molecule has 0 spiro atoms. The second-order valence-electron chi connectivity index (χ2n) is 12.9. The Bertz CT molecular complexity index is 2090. The number of benzene rings is 3. The van der Waals surface area contributed by atoms with Crippen LogP contribution in [0, 0.1) is 35.3 Å². The second kappa shape index (κ2) is 12.7. The van der Waals surface area contributed by atoms with E-state index in [1.807, 2.05) is 6.07 Å². The summed E-state index contributed by atoms with van der Waals surface area (Å²) in [6.45, 7) is 4.34. The summed E-state index contributed by atoms with van der Waals surface area (Å²) in [6, 6.07) is 12.6. The number of aromatic nitrogens is 2. The Hall–Kier alpha value is -5.20. The minimum atomic E-state index is -1.15. The van der Waals surface area contributed by atoms with E-state index in [9.17, 15) is 18.8 Å². The van der Waals surface area contributed by atoms with Crippen LogP contribution in [-0.4, -0.2) is 82.8 Å². The van der Waals surface area contributed by atoms with Gasteiger partial charge in [0, 0.05) is 48.9 Å². The van der Waals surface area contributed by atoms with E-state index in [-0.39, 0.29) is 66.5 Å². The number of alkyl halides is 1. The van der Waals surface area contributed by atoms with Gasteiger partial charge in [-0.2, -0.15) is 15.2 Å². The van der Waals surface area contributed by atoms with Gasteiger partial charge in [0.15, 0.2) is 11.6 Å². The average molecular weight is 669 g/mol. The van der Waals surface area contributed by atoms with Crippen LogP contribution in [0.1, 0.15) is 31.2 Å². The topological polar surface area (TPSA) is 85.6 Å². The van der Waals surface area contributed by atoms with Gasteiger partial charge in [0.1, 0.15) is 29.9 Å². The van der Waals surface area contributed by atoms with Crippen LogP contribution in [0.2, 0.25) is 0 Å². The van der Waals surface area contributed by atoms with Gasteiger partial charge in [-0.15, -0.1) is 6.42 Å². The van der Waals surface area contributed by atoms with Gasteiger partial charge in [0.2, 0.25) is 0 Å². The van der Waals surface area contributed by atoms with Crippen LogP contribution in [0.3, 0.4) is 0 Å². The summed E-state index contributed by atoms with van der Waals surface area (Å²) in [5.74, 6) is -1.18. The number of carbonyl (C=O) groups is 1. The number of carbonyl (C=O) groups excluding carboxylic acids is 1. The van der Waals surface area contributed by atoms with Gasteiger partial charge >= 0.3 is 6.01 Å². The van der Waals surface area contributed by atoms with Gasteiger partial charge in [-0.3, -0.25) is 9.69 Å². The van der Waals surface area contributed by atoms with E-state index in [2.05, 4.69) is 27.4 Å². The fraction of sp³-hybridized carbons (Fsp3) is 0.351. The van der Waals surface area contributed by atoms with Crippen LogP contribution in [0.4, 0.5) is 23.4 Å². The molecule has 3 aliphatic heterocycles. The lowest BCUT2D eigenvalue weighted by molar-refractivity contribution is -0.131. The predicted molar refractivity (Wildman–Crippen MR) is 177 cm³/mol. The summed E-state index contributed by atoms with van der Waals surface area (Å²) in [4.78, 5) is 26.6. The molecule has 1 amide bonds. The zero-order valence-corrected chi connectivity index (χ0v) is 26.6. The van der Waals surface area contributed by atoms with Crippen molar-refractivity contribution >= 4 is 33.4 Å². The molecule has 3 aromatic carbocycles. The SMILES string of the molecule is C#Cc1cccc2cccc(-c3c(F)cc4c(N5CCN(C(=O)C(=C)F)[C@@H](CC#N)C5)nc(OC[C@@]56CCCN5C[C@H](F)C6)nc4c3F)c12. The van der Waals surface area contributed by atoms with Crippen LogP contribution < -0.4 is 9.64 Å². The third-order valence-corrected chi connectivity index (χ3v) is 10.0. The highest BCUT2D eigenvalue weighted by Crippen LogP contribution is 2.42. The molecule has 12 heteroatoms. The monoisotopic (exact) mass is 668 g/mol. The van der Waals surface area contributed by atoms with Crippen molar-refractivity contribution in [2.75, 3.05) is 44.2 Å². The molecule has 4 heterocycles. The van der Waals surface area contributed by atoms with Crippen molar-refractivity contribution in [3.63, 3.8) is 0 Å². The maximum atomic E-state index is 16.9. The number of rotatable bonds is 7. The number of piperazine rings is 1. The van der Waals surface area contributed by atoms with E-state index in [0.717, 1.165) is 25.5 Å². The Balaban J connectivity index is 1.37. The van der Waals surface area contributed by atoms with E-state index >= 15 is 8.78 Å². The van der Waals surface area contributed by atoms with Gasteiger partial charge in [-0.1, -0.05) is 42.8 Å². The first-order chi connectivity index (χ1) is 23.6. The summed E-state index contributed by atoms with van der Waals surface area (Å²) in [5.41, 5.74) is -0.368. The Morgan fingerprint density at radius 2 is 1.94 bits per heavy atom. The molecule has 0 radical (unpaired) electrons. The molecule has 0 unspecified atom stereocenters. The van der Waals surface area contributed by atoms with Crippen molar-refractivity contribution in [2.24, 2.45) is 0 Å². The lowest BCUT2D eigenvalue weighted by Gasteiger charge is -2.41. The van der Waals surface area contributed by atoms with Crippen molar-refractivity contribution in [1.82, 2.24) is 19.8 Å². The molecular formula is C37H32F4N6O2. The van der Waals surface area contributed by atoms with Crippen LogP contribution in [-0.2, 0) is 4.79 Å². The smallest absolute Gasteiger partial charge is 0.319 e. The standard InChI is InChI=1S/C37H32F4N6O2/c1-3-23-7-4-8-24-9-5-10-27(30(23)24)31-29(40)17-28-33(32(31)41)43-36(49-21-37-12-6-14-46(37)19-25(39)18-37)44-34(28)45-15-16-47(35(48)22(2)38)26(20-45)11-13-42/h1,4-5,7-10,17,25-26H,2,6,11-12,14-16,18-21H2/t25-,26+,37+/m1/s1. The normalized spacial score (nSPS) is 22.2.